The van der Waals surface area contributed by atoms with E-state index in [-0.39, 0.29) is 17.6 Å². The van der Waals surface area contributed by atoms with Gasteiger partial charge in [-0.05, 0) is 18.4 Å². The minimum absolute atomic E-state index is 0.0859. The lowest BCUT2D eigenvalue weighted by Crippen LogP contribution is -2.28. The molecule has 0 bridgehead atoms. The van der Waals surface area contributed by atoms with Crippen LogP contribution in [0.15, 0.2) is 36.7 Å². The van der Waals surface area contributed by atoms with Crippen molar-refractivity contribution >= 4 is 16.7 Å². The van der Waals surface area contributed by atoms with Gasteiger partial charge in [-0.15, -0.1) is 0 Å². The molecule has 0 amide bonds. The molecule has 0 fully saturated rings. The van der Waals surface area contributed by atoms with Gasteiger partial charge in [0.1, 0.15) is 0 Å². The third kappa shape index (κ3) is 2.03. The predicted molar refractivity (Wildman–Crippen MR) is 62.3 cm³/mol. The van der Waals surface area contributed by atoms with Crippen molar-refractivity contribution in [3.63, 3.8) is 0 Å². The first-order chi connectivity index (χ1) is 8.57. The monoisotopic (exact) mass is 251 g/mol. The molecule has 1 aromatic heterocycles. The van der Waals surface area contributed by atoms with Crippen molar-refractivity contribution < 1.29 is 18.3 Å². The highest BCUT2D eigenvalue weighted by atomic mass is 19.3. The number of rotatable bonds is 3. The number of esters is 1. The summed E-state index contributed by atoms with van der Waals surface area (Å²) in [6.45, 7) is 1.40. The smallest absolute Gasteiger partial charge is 0.382 e. The number of pyridine rings is 1. The van der Waals surface area contributed by atoms with Crippen molar-refractivity contribution in [2.45, 2.75) is 12.8 Å². The van der Waals surface area contributed by atoms with E-state index in [0.29, 0.717) is 5.39 Å². The Morgan fingerprint density at radius 1 is 1.39 bits per heavy atom. The number of ether oxygens (including phenoxy) is 1. The number of carbonyl (C=O) groups excluding carboxylic acids is 1. The lowest BCUT2D eigenvalue weighted by Gasteiger charge is -2.16. The molecule has 5 heteroatoms. The molecule has 1 heterocycles. The van der Waals surface area contributed by atoms with E-state index < -0.39 is 11.9 Å². The molecule has 0 saturated heterocycles. The van der Waals surface area contributed by atoms with Gasteiger partial charge in [0.05, 0.1) is 6.61 Å². The van der Waals surface area contributed by atoms with Crippen LogP contribution in [-0.2, 0) is 15.5 Å². The summed E-state index contributed by atoms with van der Waals surface area (Å²) < 4.78 is 32.3. The van der Waals surface area contributed by atoms with Crippen molar-refractivity contribution in [1.29, 1.82) is 0 Å². The highest BCUT2D eigenvalue weighted by Crippen LogP contribution is 2.34. The lowest BCUT2D eigenvalue weighted by molar-refractivity contribution is -0.172. The van der Waals surface area contributed by atoms with E-state index in [9.17, 15) is 13.6 Å². The van der Waals surface area contributed by atoms with Crippen LogP contribution in [0.3, 0.4) is 0 Å². The van der Waals surface area contributed by atoms with E-state index in [1.54, 1.807) is 12.1 Å². The molecule has 0 N–H and O–H groups in total. The molecule has 3 nitrogen and oxygen atoms in total. The number of alkyl halides is 2. The molecule has 2 aromatic rings. The Kier molecular flexibility index (Phi) is 3.23. The van der Waals surface area contributed by atoms with Gasteiger partial charge in [-0.2, -0.15) is 8.78 Å². The van der Waals surface area contributed by atoms with Gasteiger partial charge in [0.25, 0.3) is 0 Å². The minimum atomic E-state index is -3.67. The van der Waals surface area contributed by atoms with Gasteiger partial charge in [-0.1, -0.05) is 18.2 Å². The molecule has 0 saturated carbocycles. The highest BCUT2D eigenvalue weighted by molar-refractivity contribution is 5.91. The number of aromatic nitrogens is 1. The number of benzene rings is 1. The van der Waals surface area contributed by atoms with Crippen LogP contribution >= 0.6 is 0 Å². The van der Waals surface area contributed by atoms with Gasteiger partial charge in [0.15, 0.2) is 0 Å². The van der Waals surface area contributed by atoms with Crippen molar-refractivity contribution in [3.05, 3.63) is 42.2 Å². The third-order valence-electron chi connectivity index (χ3n) is 2.55. The lowest BCUT2D eigenvalue weighted by atomic mass is 10.0. The molecule has 0 aliphatic carbocycles. The zero-order chi connectivity index (χ0) is 13.2. The summed E-state index contributed by atoms with van der Waals surface area (Å²) in [4.78, 5) is 15.1. The Hall–Kier alpha value is -2.04. The van der Waals surface area contributed by atoms with E-state index >= 15 is 0 Å². The maximum Gasteiger partial charge on any atom is 0.382 e. The molecule has 0 radical (unpaired) electrons. The Bertz CT molecular complexity index is 579. The fraction of sp³-hybridized carbons (Fsp3) is 0.231. The first-order valence-electron chi connectivity index (χ1n) is 5.45. The first-order valence-corrected chi connectivity index (χ1v) is 5.45. The number of fused-ring (bicyclic) bond motifs is 1. The van der Waals surface area contributed by atoms with E-state index in [1.807, 2.05) is 0 Å². The number of carbonyl (C=O) groups is 1. The second-order valence-electron chi connectivity index (χ2n) is 3.70. The minimum Gasteiger partial charge on any atom is -0.461 e. The maximum atomic E-state index is 14.0. The number of nitrogens with zero attached hydrogens (tertiary/aromatic N) is 1. The first kappa shape index (κ1) is 12.4. The predicted octanol–water partition coefficient (Wildman–Crippen LogP) is 2.89. The third-order valence-corrected chi connectivity index (χ3v) is 2.55. The summed E-state index contributed by atoms with van der Waals surface area (Å²) in [6, 6.07) is 5.98. The Morgan fingerprint density at radius 3 is 2.89 bits per heavy atom. The maximum absolute atomic E-state index is 14.0. The average molecular weight is 251 g/mol. The van der Waals surface area contributed by atoms with Crippen LogP contribution in [0.25, 0.3) is 10.8 Å². The van der Waals surface area contributed by atoms with Crippen LogP contribution in [-0.4, -0.2) is 17.6 Å². The van der Waals surface area contributed by atoms with Crippen LogP contribution in [0, 0.1) is 0 Å². The second kappa shape index (κ2) is 4.68. The van der Waals surface area contributed by atoms with Crippen LogP contribution in [0.4, 0.5) is 8.78 Å². The molecule has 0 aliphatic heterocycles. The van der Waals surface area contributed by atoms with E-state index in [2.05, 4.69) is 9.72 Å². The summed E-state index contributed by atoms with van der Waals surface area (Å²) in [7, 11) is 0. The van der Waals surface area contributed by atoms with Gasteiger partial charge < -0.3 is 4.74 Å². The molecule has 0 unspecified atom stereocenters. The van der Waals surface area contributed by atoms with Gasteiger partial charge in [0.2, 0.25) is 0 Å². The van der Waals surface area contributed by atoms with E-state index in [0.717, 1.165) is 0 Å². The molecule has 0 spiro atoms. The zero-order valence-electron chi connectivity index (χ0n) is 9.69. The molecular weight excluding hydrogens is 240 g/mol. The van der Waals surface area contributed by atoms with Crippen LogP contribution in [0.1, 0.15) is 12.5 Å². The van der Waals surface area contributed by atoms with E-state index in [4.69, 9.17) is 0 Å². The molecule has 0 atom stereocenters. The van der Waals surface area contributed by atoms with Crippen LogP contribution in [0.2, 0.25) is 0 Å². The van der Waals surface area contributed by atoms with Crippen molar-refractivity contribution in [3.8, 4) is 0 Å². The van der Waals surface area contributed by atoms with Crippen molar-refractivity contribution in [1.82, 2.24) is 4.98 Å². The molecule has 94 valence electrons. The molecule has 0 aliphatic rings. The molecule has 18 heavy (non-hydrogen) atoms. The zero-order valence-corrected chi connectivity index (χ0v) is 9.69. The van der Waals surface area contributed by atoms with E-state index in [1.165, 1.54) is 31.5 Å². The highest BCUT2D eigenvalue weighted by Gasteiger charge is 2.43. The van der Waals surface area contributed by atoms with Crippen molar-refractivity contribution in [2.24, 2.45) is 0 Å². The quantitative estimate of drug-likeness (QED) is 0.787. The summed E-state index contributed by atoms with van der Waals surface area (Å²) in [5.41, 5.74) is -0.383. The topological polar surface area (TPSA) is 39.2 Å². The SMILES string of the molecule is CCOC(=O)C(F)(F)c1cccc2ccncc12. The summed E-state index contributed by atoms with van der Waals surface area (Å²) >= 11 is 0. The largest absolute Gasteiger partial charge is 0.461 e. The van der Waals surface area contributed by atoms with Gasteiger partial charge in [0, 0.05) is 23.3 Å². The fourth-order valence-corrected chi connectivity index (χ4v) is 1.72. The molecule has 2 rings (SSSR count). The van der Waals surface area contributed by atoms with Crippen LogP contribution < -0.4 is 0 Å². The van der Waals surface area contributed by atoms with Gasteiger partial charge in [-0.3, -0.25) is 4.98 Å². The summed E-state index contributed by atoms with van der Waals surface area (Å²) in [5, 5.41) is 0.851. The Morgan fingerprint density at radius 2 is 2.17 bits per heavy atom. The average Bonchev–Trinajstić information content (AvgIpc) is 2.38. The Labute approximate surface area is 102 Å². The normalized spacial score (nSPS) is 11.5. The summed E-state index contributed by atoms with van der Waals surface area (Å²) in [6.07, 6.45) is 2.83. The fourth-order valence-electron chi connectivity index (χ4n) is 1.72. The molecular formula is C13H11F2NO2. The number of halogens is 2. The van der Waals surface area contributed by atoms with Gasteiger partial charge >= 0.3 is 11.9 Å². The number of hydrogen-bond acceptors (Lipinski definition) is 3. The second-order valence-corrected chi connectivity index (χ2v) is 3.70. The standard InChI is InChI=1S/C13H11F2NO2/c1-2-18-12(17)13(14,15)11-5-3-4-9-6-7-16-8-10(9)11/h3-8H,2H2,1H3. The number of hydrogen-bond donors (Lipinski definition) is 0. The Balaban J connectivity index is 2.56. The van der Waals surface area contributed by atoms with Gasteiger partial charge in [-0.25, -0.2) is 4.79 Å². The summed E-state index contributed by atoms with van der Waals surface area (Å²) in [5.74, 6) is -5.21. The molecule has 1 aromatic carbocycles. The van der Waals surface area contributed by atoms with Crippen molar-refractivity contribution in [2.75, 3.05) is 6.61 Å². The van der Waals surface area contributed by atoms with Crippen LogP contribution in [0.5, 0.6) is 0 Å².